The van der Waals surface area contributed by atoms with E-state index < -0.39 is 6.00 Å². The van der Waals surface area contributed by atoms with Crippen LogP contribution >= 0.6 is 33.2 Å². The number of hydrogen-bond acceptors (Lipinski definition) is 1. The van der Waals surface area contributed by atoms with E-state index in [1.807, 2.05) is 12.1 Å². The Morgan fingerprint density at radius 3 is 2.25 bits per heavy atom. The standard InChI is InChI=1S/C7H8Cl3NSi/c8-12(9,10)6-3-7-1-4-11-5-2-7/h1-2,4-5H,3,6H2. The first-order valence-corrected chi connectivity index (χ1v) is 8.78. The van der Waals surface area contributed by atoms with Crippen molar-refractivity contribution >= 4 is 39.2 Å². The highest BCUT2D eigenvalue weighted by atomic mass is 35.8. The van der Waals surface area contributed by atoms with E-state index in [1.165, 1.54) is 5.56 Å². The number of halogens is 3. The maximum absolute atomic E-state index is 5.74. The molecule has 1 aromatic rings. The van der Waals surface area contributed by atoms with Crippen molar-refractivity contribution in [2.45, 2.75) is 12.5 Å². The van der Waals surface area contributed by atoms with Crippen molar-refractivity contribution in [1.29, 1.82) is 0 Å². The normalized spacial score (nSPS) is 11.6. The van der Waals surface area contributed by atoms with Gasteiger partial charge in [0.2, 0.25) is 0 Å². The van der Waals surface area contributed by atoms with Gasteiger partial charge in [-0.25, -0.2) is 0 Å². The van der Waals surface area contributed by atoms with Crippen molar-refractivity contribution in [3.05, 3.63) is 30.1 Å². The highest BCUT2D eigenvalue weighted by Gasteiger charge is 2.23. The van der Waals surface area contributed by atoms with E-state index in [9.17, 15) is 0 Å². The Morgan fingerprint density at radius 1 is 1.17 bits per heavy atom. The van der Waals surface area contributed by atoms with Gasteiger partial charge in [0, 0.05) is 12.4 Å². The summed E-state index contributed by atoms with van der Waals surface area (Å²) >= 11 is 17.2. The van der Waals surface area contributed by atoms with Gasteiger partial charge in [-0.15, -0.1) is 33.2 Å². The van der Waals surface area contributed by atoms with Crippen LogP contribution in [0, 0.1) is 0 Å². The van der Waals surface area contributed by atoms with E-state index in [0.29, 0.717) is 6.04 Å². The summed E-state index contributed by atoms with van der Waals surface area (Å²) in [7, 11) is 0. The van der Waals surface area contributed by atoms with Crippen molar-refractivity contribution < 1.29 is 0 Å². The quantitative estimate of drug-likeness (QED) is 0.584. The Labute approximate surface area is 86.8 Å². The Bertz CT molecular complexity index is 234. The molecule has 0 aromatic carbocycles. The monoisotopic (exact) mass is 239 g/mol. The number of hydrogen-bond donors (Lipinski definition) is 0. The number of pyridine rings is 1. The zero-order chi connectivity index (χ0) is 9.03. The molecule has 0 amide bonds. The third kappa shape index (κ3) is 4.31. The van der Waals surface area contributed by atoms with Gasteiger partial charge in [0.05, 0.1) is 0 Å². The minimum absolute atomic E-state index is 0.668. The van der Waals surface area contributed by atoms with E-state index in [2.05, 4.69) is 4.98 Å². The van der Waals surface area contributed by atoms with Crippen molar-refractivity contribution in [3.8, 4) is 0 Å². The third-order valence-corrected chi connectivity index (χ3v) is 3.96. The lowest BCUT2D eigenvalue weighted by Crippen LogP contribution is -2.09. The van der Waals surface area contributed by atoms with Crippen molar-refractivity contribution in [2.75, 3.05) is 0 Å². The zero-order valence-corrected chi connectivity index (χ0v) is 9.57. The lowest BCUT2D eigenvalue weighted by Gasteiger charge is -2.06. The fourth-order valence-electron chi connectivity index (χ4n) is 0.836. The lowest BCUT2D eigenvalue weighted by atomic mass is 10.2. The van der Waals surface area contributed by atoms with Gasteiger partial charge in [-0.05, 0) is 30.2 Å². The van der Waals surface area contributed by atoms with Crippen LogP contribution in [0.1, 0.15) is 5.56 Å². The van der Waals surface area contributed by atoms with Crippen LogP contribution in [0.5, 0.6) is 0 Å². The first-order valence-electron chi connectivity index (χ1n) is 3.53. The maximum atomic E-state index is 5.74. The molecule has 1 aromatic heterocycles. The molecular formula is C7H8Cl3NSi. The van der Waals surface area contributed by atoms with Gasteiger partial charge in [0.25, 0.3) is 0 Å². The van der Waals surface area contributed by atoms with Crippen molar-refractivity contribution in [3.63, 3.8) is 0 Å². The van der Waals surface area contributed by atoms with E-state index in [-0.39, 0.29) is 0 Å². The predicted molar refractivity (Wildman–Crippen MR) is 56.1 cm³/mol. The summed E-state index contributed by atoms with van der Waals surface area (Å²) in [4.78, 5) is 3.90. The van der Waals surface area contributed by atoms with Crippen LogP contribution in [0.3, 0.4) is 0 Å². The molecule has 0 aliphatic carbocycles. The molecule has 0 aliphatic heterocycles. The molecule has 0 fully saturated rings. The Hall–Kier alpha value is 0.237. The van der Waals surface area contributed by atoms with Crippen LogP contribution in [-0.2, 0) is 6.42 Å². The molecule has 12 heavy (non-hydrogen) atoms. The largest absolute Gasteiger partial charge is 0.341 e. The van der Waals surface area contributed by atoms with E-state index in [1.54, 1.807) is 12.4 Å². The van der Waals surface area contributed by atoms with Gasteiger partial charge < -0.3 is 0 Å². The summed E-state index contributed by atoms with van der Waals surface area (Å²) in [6.45, 7) is 0. The molecule has 5 heteroatoms. The van der Waals surface area contributed by atoms with Gasteiger partial charge in [0.15, 0.2) is 0 Å². The van der Waals surface area contributed by atoms with E-state index in [0.717, 1.165) is 6.42 Å². The maximum Gasteiger partial charge on any atom is 0.341 e. The van der Waals surface area contributed by atoms with Gasteiger partial charge in [-0.3, -0.25) is 4.98 Å². The summed E-state index contributed by atoms with van der Waals surface area (Å²) < 4.78 is 0. The zero-order valence-electron chi connectivity index (χ0n) is 6.30. The molecule has 0 atom stereocenters. The molecule has 0 saturated heterocycles. The second kappa shape index (κ2) is 4.47. The molecule has 0 N–H and O–H groups in total. The van der Waals surface area contributed by atoms with Crippen LogP contribution in [-0.4, -0.2) is 11.0 Å². The SMILES string of the molecule is Cl[Si](Cl)(Cl)CCc1ccncc1. The molecule has 0 spiro atoms. The van der Waals surface area contributed by atoms with Crippen LogP contribution < -0.4 is 0 Å². The Morgan fingerprint density at radius 2 is 1.75 bits per heavy atom. The van der Waals surface area contributed by atoms with E-state index in [4.69, 9.17) is 33.2 Å². The smallest absolute Gasteiger partial charge is 0.265 e. The van der Waals surface area contributed by atoms with E-state index >= 15 is 0 Å². The summed E-state index contributed by atoms with van der Waals surface area (Å²) in [5.41, 5.74) is 1.17. The van der Waals surface area contributed by atoms with Crippen molar-refractivity contribution in [1.82, 2.24) is 4.98 Å². The Kier molecular flexibility index (Phi) is 3.84. The van der Waals surface area contributed by atoms with Crippen LogP contribution in [0.2, 0.25) is 6.04 Å². The molecule has 0 saturated carbocycles. The van der Waals surface area contributed by atoms with Crippen LogP contribution in [0.15, 0.2) is 24.5 Å². The first-order chi connectivity index (χ1) is 5.58. The minimum atomic E-state index is -2.44. The summed E-state index contributed by atoms with van der Waals surface area (Å²) in [6.07, 6.45) is 4.32. The van der Waals surface area contributed by atoms with Crippen molar-refractivity contribution in [2.24, 2.45) is 0 Å². The molecule has 66 valence electrons. The van der Waals surface area contributed by atoms with Gasteiger partial charge >= 0.3 is 6.00 Å². The fraction of sp³-hybridized carbons (Fsp3) is 0.286. The molecular weight excluding hydrogens is 233 g/mol. The van der Waals surface area contributed by atoms with Gasteiger partial charge in [-0.1, -0.05) is 0 Å². The topological polar surface area (TPSA) is 12.9 Å². The molecule has 0 unspecified atom stereocenters. The van der Waals surface area contributed by atoms with Gasteiger partial charge in [-0.2, -0.15) is 0 Å². The highest BCUT2D eigenvalue weighted by molar-refractivity contribution is 7.64. The molecule has 0 aliphatic rings. The fourth-order valence-corrected chi connectivity index (χ4v) is 2.26. The summed E-state index contributed by atoms with van der Waals surface area (Å²) in [5.74, 6) is 0. The Balaban J connectivity index is 2.44. The molecule has 1 heterocycles. The second-order valence-corrected chi connectivity index (χ2v) is 11.7. The van der Waals surface area contributed by atoms with Gasteiger partial charge in [0.1, 0.15) is 0 Å². The van der Waals surface area contributed by atoms with Crippen LogP contribution in [0.4, 0.5) is 0 Å². The minimum Gasteiger partial charge on any atom is -0.265 e. The number of aromatic nitrogens is 1. The summed E-state index contributed by atoms with van der Waals surface area (Å²) in [6, 6.07) is 2.10. The molecule has 0 bridgehead atoms. The first kappa shape index (κ1) is 10.3. The van der Waals surface area contributed by atoms with Crippen LogP contribution in [0.25, 0.3) is 0 Å². The molecule has 1 rings (SSSR count). The average Bonchev–Trinajstić information content (AvgIpc) is 2.02. The predicted octanol–water partition coefficient (Wildman–Crippen LogP) is 3.28. The third-order valence-electron chi connectivity index (χ3n) is 1.45. The highest BCUT2D eigenvalue weighted by Crippen LogP contribution is 2.26. The number of nitrogens with zero attached hydrogens (tertiary/aromatic N) is 1. The average molecular weight is 241 g/mol. The molecule has 0 radical (unpaired) electrons. The molecule has 1 nitrogen and oxygen atoms in total. The number of aryl methyl sites for hydroxylation is 1. The second-order valence-electron chi connectivity index (χ2n) is 2.47. The number of rotatable bonds is 3. The lowest BCUT2D eigenvalue weighted by molar-refractivity contribution is 1.11. The summed E-state index contributed by atoms with van der Waals surface area (Å²) in [5, 5.41) is 0.